The van der Waals surface area contributed by atoms with Gasteiger partial charge in [0.1, 0.15) is 5.02 Å². The molecule has 0 aliphatic rings. The van der Waals surface area contributed by atoms with Crippen molar-refractivity contribution in [2.24, 2.45) is 7.05 Å². The van der Waals surface area contributed by atoms with Gasteiger partial charge in [0, 0.05) is 26.3 Å². The summed E-state index contributed by atoms with van der Waals surface area (Å²) in [5.41, 5.74) is 1.47. The van der Waals surface area contributed by atoms with E-state index in [9.17, 15) is 4.79 Å². The van der Waals surface area contributed by atoms with E-state index >= 15 is 0 Å². The third-order valence-corrected chi connectivity index (χ3v) is 3.56. The molecule has 21 heavy (non-hydrogen) atoms. The largest absolute Gasteiger partial charge is 0.382 e. The highest BCUT2D eigenvalue weighted by Gasteiger charge is 2.08. The Hall–Kier alpha value is -1.82. The van der Waals surface area contributed by atoms with E-state index in [1.165, 1.54) is 4.68 Å². The maximum absolute atomic E-state index is 12.0. The Morgan fingerprint density at radius 1 is 1.33 bits per heavy atom. The van der Waals surface area contributed by atoms with Gasteiger partial charge in [-0.1, -0.05) is 24.9 Å². The predicted molar refractivity (Wildman–Crippen MR) is 83.8 cm³/mol. The molecular weight excluding hydrogens is 290 g/mol. The van der Waals surface area contributed by atoms with E-state index in [2.05, 4.69) is 22.4 Å². The molecule has 2 aromatic heterocycles. The first-order chi connectivity index (χ1) is 10.1. The molecule has 6 nitrogen and oxygen atoms in total. The minimum absolute atomic E-state index is 0.201. The molecule has 0 saturated carbocycles. The molecule has 2 aromatic rings. The number of halogens is 1. The molecule has 0 atom stereocenters. The van der Waals surface area contributed by atoms with Crippen LogP contribution < -0.4 is 10.9 Å². The Morgan fingerprint density at radius 3 is 2.81 bits per heavy atom. The fourth-order valence-electron chi connectivity index (χ4n) is 2.00. The zero-order chi connectivity index (χ0) is 15.2. The molecule has 2 rings (SSSR count). The van der Waals surface area contributed by atoms with Crippen molar-refractivity contribution in [3.05, 3.63) is 39.5 Å². The molecule has 0 bridgehead atoms. The van der Waals surface area contributed by atoms with E-state index in [0.717, 1.165) is 24.8 Å². The van der Waals surface area contributed by atoms with Crippen molar-refractivity contribution in [3.63, 3.8) is 0 Å². The van der Waals surface area contributed by atoms with Gasteiger partial charge < -0.3 is 5.32 Å². The summed E-state index contributed by atoms with van der Waals surface area (Å²) in [6.07, 6.45) is 8.13. The van der Waals surface area contributed by atoms with Crippen LogP contribution in [0.5, 0.6) is 0 Å². The molecule has 0 radical (unpaired) electrons. The van der Waals surface area contributed by atoms with Crippen molar-refractivity contribution < 1.29 is 0 Å². The Kier molecular flexibility index (Phi) is 5.38. The standard InChI is InChI=1S/C14H20ClN5O/c1-3-4-7-20-14(21)13(15)12(9-18-20)16-6-5-11-8-17-19(2)10-11/h8-10,16H,3-7H2,1-2H3. The van der Waals surface area contributed by atoms with Gasteiger partial charge in [-0.2, -0.15) is 10.2 Å². The number of unbranched alkanes of at least 4 members (excludes halogenated alkanes) is 1. The predicted octanol–water partition coefficient (Wildman–Crippen LogP) is 2.08. The lowest BCUT2D eigenvalue weighted by molar-refractivity contribution is 0.543. The van der Waals surface area contributed by atoms with Gasteiger partial charge in [-0.15, -0.1) is 0 Å². The van der Waals surface area contributed by atoms with Crippen LogP contribution in [0.25, 0.3) is 0 Å². The summed E-state index contributed by atoms with van der Waals surface area (Å²) < 4.78 is 3.18. The van der Waals surface area contributed by atoms with Crippen LogP contribution in [0.4, 0.5) is 5.69 Å². The zero-order valence-electron chi connectivity index (χ0n) is 12.3. The highest BCUT2D eigenvalue weighted by molar-refractivity contribution is 6.32. The van der Waals surface area contributed by atoms with Crippen LogP contribution in [0.15, 0.2) is 23.4 Å². The molecule has 2 heterocycles. The third kappa shape index (κ3) is 4.07. The molecule has 0 saturated heterocycles. The summed E-state index contributed by atoms with van der Waals surface area (Å²) in [6, 6.07) is 0. The third-order valence-electron chi connectivity index (χ3n) is 3.20. The molecule has 0 fully saturated rings. The molecule has 0 unspecified atom stereocenters. The summed E-state index contributed by atoms with van der Waals surface area (Å²) in [5.74, 6) is 0. The number of hydrogen-bond donors (Lipinski definition) is 1. The maximum Gasteiger partial charge on any atom is 0.287 e. The monoisotopic (exact) mass is 309 g/mol. The fourth-order valence-corrected chi connectivity index (χ4v) is 2.21. The van der Waals surface area contributed by atoms with Crippen LogP contribution in [0.2, 0.25) is 5.02 Å². The van der Waals surface area contributed by atoms with Gasteiger partial charge in [0.05, 0.1) is 18.1 Å². The van der Waals surface area contributed by atoms with Crippen molar-refractivity contribution in [2.45, 2.75) is 32.7 Å². The van der Waals surface area contributed by atoms with E-state index in [1.54, 1.807) is 10.9 Å². The quantitative estimate of drug-likeness (QED) is 0.850. The summed E-state index contributed by atoms with van der Waals surface area (Å²) >= 11 is 6.11. The number of aromatic nitrogens is 4. The topological polar surface area (TPSA) is 64.7 Å². The van der Waals surface area contributed by atoms with E-state index in [4.69, 9.17) is 11.6 Å². The normalized spacial score (nSPS) is 10.8. The summed E-state index contributed by atoms with van der Waals surface area (Å²) in [7, 11) is 1.88. The molecule has 1 N–H and O–H groups in total. The molecule has 0 amide bonds. The number of nitrogens with one attached hydrogen (secondary N) is 1. The molecule has 0 aliphatic heterocycles. The molecule has 0 spiro atoms. The Balaban J connectivity index is 1.97. The summed E-state index contributed by atoms with van der Waals surface area (Å²) in [6.45, 7) is 3.34. The first kappa shape index (κ1) is 15.6. The van der Waals surface area contributed by atoms with Crippen LogP contribution in [-0.4, -0.2) is 26.1 Å². The minimum atomic E-state index is -0.239. The van der Waals surface area contributed by atoms with E-state index in [1.807, 2.05) is 19.4 Å². The maximum atomic E-state index is 12.0. The number of anilines is 1. The summed E-state index contributed by atoms with van der Waals surface area (Å²) in [4.78, 5) is 12.0. The number of nitrogens with zero attached hydrogens (tertiary/aromatic N) is 4. The van der Waals surface area contributed by atoms with E-state index in [-0.39, 0.29) is 10.6 Å². The second-order valence-electron chi connectivity index (χ2n) is 4.95. The molecule has 0 aliphatic carbocycles. The van der Waals surface area contributed by atoms with Crippen molar-refractivity contribution in [1.82, 2.24) is 19.6 Å². The Bertz CT molecular complexity index is 649. The van der Waals surface area contributed by atoms with Gasteiger partial charge in [0.2, 0.25) is 0 Å². The van der Waals surface area contributed by atoms with Gasteiger partial charge in [-0.25, -0.2) is 4.68 Å². The van der Waals surface area contributed by atoms with E-state index in [0.29, 0.717) is 18.8 Å². The van der Waals surface area contributed by atoms with Gasteiger partial charge in [-0.3, -0.25) is 9.48 Å². The highest BCUT2D eigenvalue weighted by Crippen LogP contribution is 2.15. The average Bonchev–Trinajstić information content (AvgIpc) is 2.88. The van der Waals surface area contributed by atoms with Crippen molar-refractivity contribution >= 4 is 17.3 Å². The number of rotatable bonds is 7. The molecule has 0 aromatic carbocycles. The van der Waals surface area contributed by atoms with Crippen molar-refractivity contribution in [3.8, 4) is 0 Å². The van der Waals surface area contributed by atoms with Crippen LogP contribution >= 0.6 is 11.6 Å². The molecule has 114 valence electrons. The lowest BCUT2D eigenvalue weighted by atomic mass is 10.2. The van der Waals surface area contributed by atoms with Gasteiger partial charge in [0.15, 0.2) is 0 Å². The van der Waals surface area contributed by atoms with Crippen LogP contribution in [0, 0.1) is 0 Å². The van der Waals surface area contributed by atoms with E-state index < -0.39 is 0 Å². The van der Waals surface area contributed by atoms with Crippen molar-refractivity contribution in [1.29, 1.82) is 0 Å². The lowest BCUT2D eigenvalue weighted by Gasteiger charge is -2.09. The number of hydrogen-bond acceptors (Lipinski definition) is 4. The number of aryl methyl sites for hydroxylation is 2. The van der Waals surface area contributed by atoms with Crippen molar-refractivity contribution in [2.75, 3.05) is 11.9 Å². The minimum Gasteiger partial charge on any atom is -0.382 e. The summed E-state index contributed by atoms with van der Waals surface area (Å²) in [5, 5.41) is 11.6. The zero-order valence-corrected chi connectivity index (χ0v) is 13.1. The first-order valence-corrected chi connectivity index (χ1v) is 7.46. The van der Waals surface area contributed by atoms with Crippen LogP contribution in [0.3, 0.4) is 0 Å². The SMILES string of the molecule is CCCCn1ncc(NCCc2cnn(C)c2)c(Cl)c1=O. The highest BCUT2D eigenvalue weighted by atomic mass is 35.5. The van der Waals surface area contributed by atoms with Gasteiger partial charge in [0.25, 0.3) is 5.56 Å². The van der Waals surface area contributed by atoms with Crippen LogP contribution in [-0.2, 0) is 20.0 Å². The lowest BCUT2D eigenvalue weighted by Crippen LogP contribution is -2.24. The van der Waals surface area contributed by atoms with Gasteiger partial charge >= 0.3 is 0 Å². The smallest absolute Gasteiger partial charge is 0.287 e. The fraction of sp³-hybridized carbons (Fsp3) is 0.500. The Morgan fingerprint density at radius 2 is 2.14 bits per heavy atom. The molecular formula is C14H20ClN5O. The van der Waals surface area contributed by atoms with Gasteiger partial charge in [-0.05, 0) is 18.4 Å². The average molecular weight is 310 g/mol. The Labute approximate surface area is 128 Å². The molecule has 7 heteroatoms. The second kappa shape index (κ2) is 7.26. The van der Waals surface area contributed by atoms with Crippen LogP contribution in [0.1, 0.15) is 25.3 Å². The first-order valence-electron chi connectivity index (χ1n) is 7.08. The second-order valence-corrected chi connectivity index (χ2v) is 5.33.